The van der Waals surface area contributed by atoms with E-state index in [0.29, 0.717) is 24.4 Å². The summed E-state index contributed by atoms with van der Waals surface area (Å²) in [6.07, 6.45) is -0.0947. The number of rotatable bonds is 6. The SMILES string of the molecule is O=C1COc2c(C(O)CNCCc3ccccc3Cl)ccc(O)c2N1. The first kappa shape index (κ1) is 17.5. The van der Waals surface area contributed by atoms with Gasteiger partial charge in [-0.05, 0) is 36.7 Å². The highest BCUT2D eigenvalue weighted by Gasteiger charge is 2.25. The number of anilines is 1. The van der Waals surface area contributed by atoms with Crippen LogP contribution in [-0.4, -0.2) is 35.8 Å². The molecule has 0 aromatic heterocycles. The number of fused-ring (bicyclic) bond motifs is 1. The van der Waals surface area contributed by atoms with Crippen LogP contribution in [0.25, 0.3) is 0 Å². The third-order valence-electron chi connectivity index (χ3n) is 4.00. The lowest BCUT2D eigenvalue weighted by atomic mass is 10.0. The third-order valence-corrected chi connectivity index (χ3v) is 4.37. The highest BCUT2D eigenvalue weighted by molar-refractivity contribution is 6.31. The summed E-state index contributed by atoms with van der Waals surface area (Å²) in [6, 6.07) is 10.6. The summed E-state index contributed by atoms with van der Waals surface area (Å²) in [5, 5.41) is 26.7. The molecule has 132 valence electrons. The number of amides is 1. The standard InChI is InChI=1S/C18H19ClN2O4/c19-13-4-2-1-3-11(13)7-8-20-9-15(23)12-5-6-14(22)17-18(12)25-10-16(24)21-17/h1-6,15,20,22-23H,7-10H2,(H,21,24). The van der Waals surface area contributed by atoms with Gasteiger partial charge in [0.1, 0.15) is 11.4 Å². The van der Waals surface area contributed by atoms with E-state index in [1.165, 1.54) is 6.07 Å². The van der Waals surface area contributed by atoms with Gasteiger partial charge < -0.3 is 25.6 Å². The van der Waals surface area contributed by atoms with E-state index in [1.54, 1.807) is 6.07 Å². The number of ether oxygens (including phenoxy) is 1. The fourth-order valence-electron chi connectivity index (χ4n) is 2.71. The Morgan fingerprint density at radius 1 is 1.28 bits per heavy atom. The predicted molar refractivity (Wildman–Crippen MR) is 95.2 cm³/mol. The minimum atomic E-state index is -0.837. The van der Waals surface area contributed by atoms with Crippen molar-refractivity contribution in [3.05, 3.63) is 52.5 Å². The Balaban J connectivity index is 1.60. The van der Waals surface area contributed by atoms with Gasteiger partial charge in [0.05, 0.1) is 6.10 Å². The molecule has 1 amide bonds. The molecule has 0 saturated heterocycles. The van der Waals surface area contributed by atoms with Crippen molar-refractivity contribution < 1.29 is 19.7 Å². The summed E-state index contributed by atoms with van der Waals surface area (Å²) in [5.41, 5.74) is 1.75. The number of phenols is 1. The van der Waals surface area contributed by atoms with Gasteiger partial charge in [0.15, 0.2) is 12.4 Å². The van der Waals surface area contributed by atoms with Crippen molar-refractivity contribution in [2.24, 2.45) is 0 Å². The normalized spacial score (nSPS) is 14.4. The first-order chi connectivity index (χ1) is 12.1. The van der Waals surface area contributed by atoms with Gasteiger partial charge in [-0.3, -0.25) is 4.79 Å². The topological polar surface area (TPSA) is 90.8 Å². The molecule has 1 unspecified atom stereocenters. The molecular formula is C18H19ClN2O4. The molecule has 1 aliphatic rings. The Kier molecular flexibility index (Phi) is 5.43. The fraction of sp³-hybridized carbons (Fsp3) is 0.278. The van der Waals surface area contributed by atoms with Crippen molar-refractivity contribution in [2.75, 3.05) is 25.0 Å². The molecule has 7 heteroatoms. The van der Waals surface area contributed by atoms with Crippen LogP contribution in [0.3, 0.4) is 0 Å². The molecule has 2 aromatic rings. The lowest BCUT2D eigenvalue weighted by Crippen LogP contribution is -2.28. The second kappa shape index (κ2) is 7.74. The van der Waals surface area contributed by atoms with Gasteiger partial charge in [-0.2, -0.15) is 0 Å². The van der Waals surface area contributed by atoms with Gasteiger partial charge in [0.25, 0.3) is 5.91 Å². The molecule has 0 spiro atoms. The molecule has 1 atom stereocenters. The summed E-state index contributed by atoms with van der Waals surface area (Å²) in [5.74, 6) is -0.127. The second-order valence-corrected chi connectivity index (χ2v) is 6.18. The molecule has 0 fully saturated rings. The van der Waals surface area contributed by atoms with E-state index in [1.807, 2.05) is 24.3 Å². The van der Waals surface area contributed by atoms with Crippen LogP contribution in [0, 0.1) is 0 Å². The van der Waals surface area contributed by atoms with Crippen molar-refractivity contribution in [2.45, 2.75) is 12.5 Å². The number of aliphatic hydroxyl groups excluding tert-OH is 1. The molecule has 2 aromatic carbocycles. The second-order valence-electron chi connectivity index (χ2n) is 5.78. The summed E-state index contributed by atoms with van der Waals surface area (Å²) in [6.45, 7) is 0.813. The van der Waals surface area contributed by atoms with E-state index in [0.717, 1.165) is 17.0 Å². The lowest BCUT2D eigenvalue weighted by molar-refractivity contribution is -0.118. The number of aliphatic hydroxyl groups is 1. The average molecular weight is 363 g/mol. The Hall–Kier alpha value is -2.28. The van der Waals surface area contributed by atoms with Crippen LogP contribution < -0.4 is 15.4 Å². The minimum Gasteiger partial charge on any atom is -0.506 e. The zero-order valence-electron chi connectivity index (χ0n) is 13.5. The van der Waals surface area contributed by atoms with Crippen molar-refractivity contribution in [3.63, 3.8) is 0 Å². The van der Waals surface area contributed by atoms with Crippen molar-refractivity contribution >= 4 is 23.2 Å². The maximum Gasteiger partial charge on any atom is 0.262 e. The van der Waals surface area contributed by atoms with Crippen molar-refractivity contribution in [1.29, 1.82) is 0 Å². The monoisotopic (exact) mass is 362 g/mol. The van der Waals surface area contributed by atoms with Gasteiger partial charge in [-0.1, -0.05) is 29.8 Å². The van der Waals surface area contributed by atoms with Crippen LogP contribution in [0.5, 0.6) is 11.5 Å². The number of nitrogens with one attached hydrogen (secondary N) is 2. The number of hydrogen-bond donors (Lipinski definition) is 4. The maximum absolute atomic E-state index is 11.4. The van der Waals surface area contributed by atoms with E-state index < -0.39 is 6.10 Å². The van der Waals surface area contributed by atoms with Gasteiger partial charge in [0, 0.05) is 17.1 Å². The van der Waals surface area contributed by atoms with Crippen LogP contribution in [0.15, 0.2) is 36.4 Å². The Morgan fingerprint density at radius 2 is 2.08 bits per heavy atom. The van der Waals surface area contributed by atoms with Gasteiger partial charge in [-0.25, -0.2) is 0 Å². The molecule has 0 radical (unpaired) electrons. The van der Waals surface area contributed by atoms with E-state index in [2.05, 4.69) is 10.6 Å². The highest BCUT2D eigenvalue weighted by atomic mass is 35.5. The van der Waals surface area contributed by atoms with E-state index >= 15 is 0 Å². The predicted octanol–water partition coefficient (Wildman–Crippen LogP) is 2.24. The Bertz CT molecular complexity index is 782. The molecule has 0 bridgehead atoms. The number of aromatic hydroxyl groups is 1. The number of halogens is 1. The van der Waals surface area contributed by atoms with Crippen LogP contribution >= 0.6 is 11.6 Å². The molecule has 1 aliphatic heterocycles. The van der Waals surface area contributed by atoms with Crippen molar-refractivity contribution in [3.8, 4) is 11.5 Å². The van der Waals surface area contributed by atoms with Crippen LogP contribution in [0.2, 0.25) is 5.02 Å². The first-order valence-electron chi connectivity index (χ1n) is 7.97. The van der Waals surface area contributed by atoms with E-state index in [-0.39, 0.29) is 24.0 Å². The van der Waals surface area contributed by atoms with Gasteiger partial charge >= 0.3 is 0 Å². The molecule has 0 aliphatic carbocycles. The maximum atomic E-state index is 11.4. The van der Waals surface area contributed by atoms with E-state index in [4.69, 9.17) is 16.3 Å². The Labute approximate surface area is 150 Å². The summed E-state index contributed by atoms with van der Waals surface area (Å²) in [7, 11) is 0. The zero-order valence-corrected chi connectivity index (χ0v) is 14.2. The smallest absolute Gasteiger partial charge is 0.262 e. The fourth-order valence-corrected chi connectivity index (χ4v) is 2.94. The molecule has 4 N–H and O–H groups in total. The lowest BCUT2D eigenvalue weighted by Gasteiger charge is -2.24. The highest BCUT2D eigenvalue weighted by Crippen LogP contribution is 2.41. The first-order valence-corrected chi connectivity index (χ1v) is 8.34. The van der Waals surface area contributed by atoms with Gasteiger partial charge in [-0.15, -0.1) is 0 Å². The summed E-state index contributed by atoms with van der Waals surface area (Å²) >= 11 is 6.12. The molecule has 6 nitrogen and oxygen atoms in total. The number of carbonyl (C=O) groups excluding carboxylic acids is 1. The quantitative estimate of drug-likeness (QED) is 0.467. The van der Waals surface area contributed by atoms with Crippen LogP contribution in [0.4, 0.5) is 5.69 Å². The summed E-state index contributed by atoms with van der Waals surface area (Å²) < 4.78 is 5.38. The largest absolute Gasteiger partial charge is 0.506 e. The minimum absolute atomic E-state index is 0.0920. The summed E-state index contributed by atoms with van der Waals surface area (Å²) in [4.78, 5) is 11.4. The number of carbonyl (C=O) groups is 1. The number of phenolic OH excluding ortho intramolecular Hbond substituents is 1. The van der Waals surface area contributed by atoms with Crippen LogP contribution in [-0.2, 0) is 11.2 Å². The van der Waals surface area contributed by atoms with Crippen molar-refractivity contribution in [1.82, 2.24) is 5.32 Å². The van der Waals surface area contributed by atoms with Gasteiger partial charge in [0.2, 0.25) is 0 Å². The Morgan fingerprint density at radius 3 is 2.88 bits per heavy atom. The number of hydrogen-bond acceptors (Lipinski definition) is 5. The molecule has 25 heavy (non-hydrogen) atoms. The molecule has 3 rings (SSSR count). The molecule has 0 saturated carbocycles. The third kappa shape index (κ3) is 4.04. The van der Waals surface area contributed by atoms with E-state index in [9.17, 15) is 15.0 Å². The molecule has 1 heterocycles. The van der Waals surface area contributed by atoms with Crippen LogP contribution in [0.1, 0.15) is 17.2 Å². The molecular weight excluding hydrogens is 344 g/mol. The zero-order chi connectivity index (χ0) is 17.8. The number of benzene rings is 2. The average Bonchev–Trinajstić information content (AvgIpc) is 2.60.